The number of carbonyl (C=O) groups excluding carboxylic acids is 1. The highest BCUT2D eigenvalue weighted by atomic mass is 35.5. The summed E-state index contributed by atoms with van der Waals surface area (Å²) in [7, 11) is 0. The summed E-state index contributed by atoms with van der Waals surface area (Å²) in [6.07, 6.45) is 5.08. The lowest BCUT2D eigenvalue weighted by molar-refractivity contribution is 0.0998. The van der Waals surface area contributed by atoms with Crippen molar-refractivity contribution in [3.8, 4) is 27.6 Å². The second kappa shape index (κ2) is 11.5. The molecule has 8 nitrogen and oxygen atoms in total. The van der Waals surface area contributed by atoms with Gasteiger partial charge >= 0.3 is 0 Å². The van der Waals surface area contributed by atoms with Crippen LogP contribution in [0.15, 0.2) is 67.1 Å². The van der Waals surface area contributed by atoms with Gasteiger partial charge in [-0.2, -0.15) is 0 Å². The fraction of sp³-hybridized carbons (Fsp3) is 0.258. The minimum atomic E-state index is -0.558. The van der Waals surface area contributed by atoms with Gasteiger partial charge in [0, 0.05) is 23.5 Å². The molecule has 0 saturated carbocycles. The number of carbonyl (C=O) groups is 1. The first-order chi connectivity index (χ1) is 19.9. The van der Waals surface area contributed by atoms with E-state index in [1.165, 1.54) is 11.3 Å². The van der Waals surface area contributed by atoms with Crippen molar-refractivity contribution in [2.45, 2.75) is 38.9 Å². The Balaban J connectivity index is 1.27. The molecule has 41 heavy (non-hydrogen) atoms. The number of piperidine rings is 1. The van der Waals surface area contributed by atoms with Gasteiger partial charge in [-0.05, 0) is 81.2 Å². The summed E-state index contributed by atoms with van der Waals surface area (Å²) in [5.41, 5.74) is 11.4. The van der Waals surface area contributed by atoms with Gasteiger partial charge in [0.2, 0.25) is 0 Å². The SMILES string of the molecule is Cc1cc(-c2ccc3c(c2)ncn3-c2cc(OC(C)c3cccc(OC4CCNCC4)c3Cl)c(C(N)=O)s2)ccn1. The Kier molecular flexibility index (Phi) is 7.66. The van der Waals surface area contributed by atoms with Crippen LogP contribution in [0.2, 0.25) is 5.02 Å². The van der Waals surface area contributed by atoms with Crippen LogP contribution < -0.4 is 20.5 Å². The van der Waals surface area contributed by atoms with E-state index in [2.05, 4.69) is 21.4 Å². The van der Waals surface area contributed by atoms with Crippen LogP contribution in [-0.2, 0) is 0 Å². The molecular weight excluding hydrogens is 558 g/mol. The summed E-state index contributed by atoms with van der Waals surface area (Å²) in [6.45, 7) is 5.72. The Labute approximate surface area is 247 Å². The van der Waals surface area contributed by atoms with E-state index < -0.39 is 12.0 Å². The van der Waals surface area contributed by atoms with Gasteiger partial charge in [0.05, 0.1) is 16.1 Å². The first-order valence-electron chi connectivity index (χ1n) is 13.5. The molecule has 1 aliphatic rings. The minimum absolute atomic E-state index is 0.121. The third-order valence-electron chi connectivity index (χ3n) is 7.24. The van der Waals surface area contributed by atoms with E-state index in [9.17, 15) is 4.79 Å². The zero-order valence-corrected chi connectivity index (χ0v) is 24.3. The molecule has 1 saturated heterocycles. The van der Waals surface area contributed by atoms with Gasteiger partial charge in [0.15, 0.2) is 0 Å². The number of ether oxygens (including phenoxy) is 2. The van der Waals surface area contributed by atoms with Gasteiger partial charge in [-0.25, -0.2) is 4.98 Å². The summed E-state index contributed by atoms with van der Waals surface area (Å²) in [5.74, 6) is 0.479. The summed E-state index contributed by atoms with van der Waals surface area (Å²) in [4.78, 5) is 21.7. The van der Waals surface area contributed by atoms with Gasteiger partial charge in [0.25, 0.3) is 5.91 Å². The second-order valence-corrected chi connectivity index (χ2v) is 11.5. The van der Waals surface area contributed by atoms with Gasteiger partial charge in [0.1, 0.15) is 39.9 Å². The lowest BCUT2D eigenvalue weighted by atomic mass is 10.1. The molecule has 1 amide bonds. The molecule has 1 atom stereocenters. The molecular formula is C31H30ClN5O3S. The van der Waals surface area contributed by atoms with E-state index in [0.29, 0.717) is 21.4 Å². The van der Waals surface area contributed by atoms with Gasteiger partial charge in [-0.15, -0.1) is 11.3 Å². The van der Waals surface area contributed by atoms with E-state index >= 15 is 0 Å². The van der Waals surface area contributed by atoms with E-state index in [-0.39, 0.29) is 6.10 Å². The maximum atomic E-state index is 12.4. The molecule has 0 aliphatic carbocycles. The molecule has 4 heterocycles. The molecule has 210 valence electrons. The fourth-order valence-corrected chi connectivity index (χ4v) is 6.36. The molecule has 3 aromatic heterocycles. The third kappa shape index (κ3) is 5.66. The van der Waals surface area contributed by atoms with Crippen molar-refractivity contribution < 1.29 is 14.3 Å². The Morgan fingerprint density at radius 1 is 1.10 bits per heavy atom. The number of primary amides is 1. The molecule has 5 aromatic rings. The maximum absolute atomic E-state index is 12.4. The number of aryl methyl sites for hydroxylation is 1. The number of imidazole rings is 1. The van der Waals surface area contributed by atoms with Crippen molar-refractivity contribution in [3.05, 3.63) is 88.3 Å². The zero-order chi connectivity index (χ0) is 28.5. The van der Waals surface area contributed by atoms with Crippen LogP contribution in [0.4, 0.5) is 0 Å². The van der Waals surface area contributed by atoms with Crippen LogP contribution in [0.1, 0.15) is 46.8 Å². The normalized spacial score (nSPS) is 14.7. The van der Waals surface area contributed by atoms with Crippen molar-refractivity contribution in [3.63, 3.8) is 0 Å². The molecule has 6 rings (SSSR count). The highest BCUT2D eigenvalue weighted by Crippen LogP contribution is 2.39. The quantitative estimate of drug-likeness (QED) is 0.215. The maximum Gasteiger partial charge on any atom is 0.262 e. The highest BCUT2D eigenvalue weighted by molar-refractivity contribution is 7.16. The average molecular weight is 588 g/mol. The number of hydrogen-bond donors (Lipinski definition) is 2. The molecule has 10 heteroatoms. The van der Waals surface area contributed by atoms with E-state index in [0.717, 1.165) is 64.3 Å². The van der Waals surface area contributed by atoms with Crippen LogP contribution in [0.25, 0.3) is 27.2 Å². The number of benzene rings is 2. The Morgan fingerprint density at radius 2 is 1.90 bits per heavy atom. The summed E-state index contributed by atoms with van der Waals surface area (Å²) in [6, 6.07) is 17.7. The number of fused-ring (bicyclic) bond motifs is 1. The number of amides is 1. The molecule has 0 bridgehead atoms. The predicted octanol–water partition coefficient (Wildman–Crippen LogP) is 6.48. The molecule has 0 radical (unpaired) electrons. The smallest absolute Gasteiger partial charge is 0.262 e. The van der Waals surface area contributed by atoms with E-state index in [1.807, 2.05) is 66.9 Å². The molecule has 0 spiro atoms. The van der Waals surface area contributed by atoms with Crippen LogP contribution in [0.3, 0.4) is 0 Å². The standard InChI is InChI=1S/C31H30ClN5O3S/c1-18-14-21(8-13-35-18)20-6-7-25-24(15-20)36-17-37(25)28-16-27(30(41-28)31(33)38)39-19(2)23-4-3-5-26(29(23)32)40-22-9-11-34-12-10-22/h3-8,13-17,19,22,34H,9-12H2,1-2H3,(H2,33,38). The number of nitrogens with one attached hydrogen (secondary N) is 1. The molecule has 1 fully saturated rings. The number of halogens is 1. The number of thiophene rings is 1. The summed E-state index contributed by atoms with van der Waals surface area (Å²) >= 11 is 8.05. The van der Waals surface area contributed by atoms with Crippen molar-refractivity contribution in [1.82, 2.24) is 19.9 Å². The molecule has 1 unspecified atom stereocenters. The highest BCUT2D eigenvalue weighted by Gasteiger charge is 2.23. The summed E-state index contributed by atoms with van der Waals surface area (Å²) < 4.78 is 14.5. The van der Waals surface area contributed by atoms with Crippen molar-refractivity contribution in [2.24, 2.45) is 5.73 Å². The van der Waals surface area contributed by atoms with Gasteiger partial charge < -0.3 is 20.5 Å². The van der Waals surface area contributed by atoms with E-state index in [4.69, 9.17) is 26.8 Å². The minimum Gasteiger partial charge on any atom is -0.489 e. The molecule has 3 N–H and O–H groups in total. The molecule has 1 aliphatic heterocycles. The van der Waals surface area contributed by atoms with Crippen LogP contribution in [0, 0.1) is 6.92 Å². The third-order valence-corrected chi connectivity index (χ3v) is 8.77. The van der Waals surface area contributed by atoms with Crippen LogP contribution >= 0.6 is 22.9 Å². The summed E-state index contributed by atoms with van der Waals surface area (Å²) in [5, 5.41) is 4.62. The second-order valence-electron chi connectivity index (χ2n) is 10.1. The molecule has 2 aromatic carbocycles. The van der Waals surface area contributed by atoms with Crippen LogP contribution in [0.5, 0.6) is 11.5 Å². The van der Waals surface area contributed by atoms with Crippen LogP contribution in [-0.4, -0.2) is 39.6 Å². The topological polar surface area (TPSA) is 104 Å². The van der Waals surface area contributed by atoms with Crippen molar-refractivity contribution in [1.29, 1.82) is 0 Å². The largest absolute Gasteiger partial charge is 0.489 e. The van der Waals surface area contributed by atoms with Crippen molar-refractivity contribution >= 4 is 39.9 Å². The van der Waals surface area contributed by atoms with E-state index in [1.54, 1.807) is 12.5 Å². The number of hydrogen-bond acceptors (Lipinski definition) is 7. The number of nitrogens with two attached hydrogens (primary N) is 1. The lowest BCUT2D eigenvalue weighted by Crippen LogP contribution is -2.34. The number of nitrogens with zero attached hydrogens (tertiary/aromatic N) is 3. The number of pyridine rings is 1. The Hall–Kier alpha value is -3.92. The monoisotopic (exact) mass is 587 g/mol. The number of aromatic nitrogens is 3. The fourth-order valence-electron chi connectivity index (χ4n) is 5.11. The average Bonchev–Trinajstić information content (AvgIpc) is 3.58. The first kappa shape index (κ1) is 27.3. The Bertz CT molecular complexity index is 1730. The lowest BCUT2D eigenvalue weighted by Gasteiger charge is -2.25. The number of rotatable bonds is 8. The first-order valence-corrected chi connectivity index (χ1v) is 14.7. The van der Waals surface area contributed by atoms with Gasteiger partial charge in [-0.3, -0.25) is 14.3 Å². The zero-order valence-electron chi connectivity index (χ0n) is 22.8. The predicted molar refractivity (Wildman–Crippen MR) is 162 cm³/mol. The van der Waals surface area contributed by atoms with Crippen molar-refractivity contribution in [2.75, 3.05) is 13.1 Å². The van der Waals surface area contributed by atoms with Gasteiger partial charge in [-0.1, -0.05) is 29.8 Å². The Morgan fingerprint density at radius 3 is 2.68 bits per heavy atom.